The fourth-order valence-corrected chi connectivity index (χ4v) is 0.562. The van der Waals surface area contributed by atoms with E-state index in [0.29, 0.717) is 0 Å². The quantitative estimate of drug-likeness (QED) is 0.433. The Kier molecular flexibility index (Phi) is 6.55. The summed E-state index contributed by atoms with van der Waals surface area (Å²) in [5.41, 5.74) is -0.0726. The van der Waals surface area contributed by atoms with Gasteiger partial charge in [0.1, 0.15) is 5.56 Å². The highest BCUT2D eigenvalue weighted by atomic mass is 35.5. The second-order valence-corrected chi connectivity index (χ2v) is 2.53. The van der Waals surface area contributed by atoms with Gasteiger partial charge in [-0.3, -0.25) is 0 Å². The maximum Gasteiger partial charge on any atom is 0.130 e. The van der Waals surface area contributed by atoms with Crippen LogP contribution in [-0.4, -0.2) is 12.2 Å². The molecule has 0 aliphatic heterocycles. The Morgan fingerprint density at radius 1 is 1.44 bits per heavy atom. The van der Waals surface area contributed by atoms with E-state index >= 15 is 0 Å². The van der Waals surface area contributed by atoms with Gasteiger partial charge < -0.3 is 4.74 Å². The SMILES string of the molecule is CCCCOC(Cl)CC. The Hall–Kier alpha value is 0.250. The van der Waals surface area contributed by atoms with Gasteiger partial charge in [-0.2, -0.15) is 0 Å². The van der Waals surface area contributed by atoms with Gasteiger partial charge in [-0.15, -0.1) is 0 Å². The van der Waals surface area contributed by atoms with Crippen molar-refractivity contribution in [2.75, 3.05) is 6.61 Å². The zero-order valence-electron chi connectivity index (χ0n) is 6.19. The highest BCUT2D eigenvalue weighted by molar-refractivity contribution is 6.19. The molecule has 0 aliphatic rings. The van der Waals surface area contributed by atoms with E-state index in [0.717, 1.165) is 19.4 Å². The van der Waals surface area contributed by atoms with Gasteiger partial charge in [-0.05, 0) is 12.8 Å². The van der Waals surface area contributed by atoms with E-state index in [1.165, 1.54) is 6.42 Å². The number of unbranched alkanes of at least 4 members (excludes halogenated alkanes) is 1. The zero-order valence-corrected chi connectivity index (χ0v) is 6.95. The smallest absolute Gasteiger partial charge is 0.130 e. The van der Waals surface area contributed by atoms with Gasteiger partial charge in [0.15, 0.2) is 0 Å². The van der Waals surface area contributed by atoms with Crippen LogP contribution in [0.1, 0.15) is 33.1 Å². The van der Waals surface area contributed by atoms with Crippen molar-refractivity contribution in [2.24, 2.45) is 0 Å². The van der Waals surface area contributed by atoms with Crippen LogP contribution >= 0.6 is 11.6 Å². The number of halogens is 1. The van der Waals surface area contributed by atoms with Gasteiger partial charge in [-0.25, -0.2) is 0 Å². The molecule has 0 amide bonds. The number of rotatable bonds is 5. The Labute approximate surface area is 62.3 Å². The molecule has 0 heterocycles. The standard InChI is InChI=1S/C7H15ClO/c1-3-5-6-9-7(8)4-2/h7H,3-6H2,1-2H3. The first-order valence-electron chi connectivity index (χ1n) is 3.57. The van der Waals surface area contributed by atoms with Crippen LogP contribution < -0.4 is 0 Å². The van der Waals surface area contributed by atoms with E-state index in [4.69, 9.17) is 16.3 Å². The lowest BCUT2D eigenvalue weighted by Gasteiger charge is -2.06. The lowest BCUT2D eigenvalue weighted by Crippen LogP contribution is -2.03. The van der Waals surface area contributed by atoms with Crippen LogP contribution in [0.5, 0.6) is 0 Å². The third kappa shape index (κ3) is 6.13. The molecule has 2 heteroatoms. The average Bonchev–Trinajstić information content (AvgIpc) is 1.89. The van der Waals surface area contributed by atoms with Crippen molar-refractivity contribution in [3.05, 3.63) is 0 Å². The van der Waals surface area contributed by atoms with E-state index < -0.39 is 0 Å². The molecule has 0 aromatic rings. The van der Waals surface area contributed by atoms with Crippen molar-refractivity contribution < 1.29 is 4.74 Å². The minimum absolute atomic E-state index is 0.0726. The zero-order chi connectivity index (χ0) is 7.11. The monoisotopic (exact) mass is 150 g/mol. The summed E-state index contributed by atoms with van der Waals surface area (Å²) in [6.45, 7) is 4.96. The molecule has 1 unspecified atom stereocenters. The van der Waals surface area contributed by atoms with Crippen molar-refractivity contribution in [2.45, 2.75) is 38.7 Å². The summed E-state index contributed by atoms with van der Waals surface area (Å²) < 4.78 is 5.20. The minimum atomic E-state index is -0.0726. The Balaban J connectivity index is 2.88. The average molecular weight is 151 g/mol. The summed E-state index contributed by atoms with van der Waals surface area (Å²) >= 11 is 5.68. The largest absolute Gasteiger partial charge is 0.363 e. The van der Waals surface area contributed by atoms with Crippen molar-refractivity contribution >= 4 is 11.6 Å². The summed E-state index contributed by atoms with van der Waals surface area (Å²) in [4.78, 5) is 0. The maximum atomic E-state index is 5.68. The Morgan fingerprint density at radius 2 is 2.11 bits per heavy atom. The number of hydrogen-bond donors (Lipinski definition) is 0. The molecule has 56 valence electrons. The molecule has 0 aromatic carbocycles. The summed E-state index contributed by atoms with van der Waals surface area (Å²) in [5, 5.41) is 0. The molecule has 0 aliphatic carbocycles. The molecule has 1 atom stereocenters. The van der Waals surface area contributed by atoms with Gasteiger partial charge >= 0.3 is 0 Å². The van der Waals surface area contributed by atoms with Crippen molar-refractivity contribution in [1.82, 2.24) is 0 Å². The number of alkyl halides is 1. The van der Waals surface area contributed by atoms with Crippen LogP contribution in [0.25, 0.3) is 0 Å². The minimum Gasteiger partial charge on any atom is -0.363 e. The number of hydrogen-bond acceptors (Lipinski definition) is 1. The molecule has 0 N–H and O–H groups in total. The van der Waals surface area contributed by atoms with Crippen molar-refractivity contribution in [1.29, 1.82) is 0 Å². The summed E-state index contributed by atoms with van der Waals surface area (Å²) in [5.74, 6) is 0. The molecule has 0 saturated heterocycles. The second-order valence-electron chi connectivity index (χ2n) is 2.04. The molecule has 0 fully saturated rings. The van der Waals surface area contributed by atoms with Crippen LogP contribution in [0.2, 0.25) is 0 Å². The molecule has 0 radical (unpaired) electrons. The van der Waals surface area contributed by atoms with Gasteiger partial charge in [0.25, 0.3) is 0 Å². The molecule has 9 heavy (non-hydrogen) atoms. The second kappa shape index (κ2) is 6.37. The van der Waals surface area contributed by atoms with E-state index in [9.17, 15) is 0 Å². The maximum absolute atomic E-state index is 5.68. The lowest BCUT2D eigenvalue weighted by atomic mass is 10.4. The first-order chi connectivity index (χ1) is 4.31. The first-order valence-corrected chi connectivity index (χ1v) is 4.00. The van der Waals surface area contributed by atoms with Gasteiger partial charge in [-0.1, -0.05) is 31.9 Å². The van der Waals surface area contributed by atoms with E-state index in [2.05, 4.69) is 6.92 Å². The molecular weight excluding hydrogens is 136 g/mol. The fraction of sp³-hybridized carbons (Fsp3) is 1.00. The molecular formula is C7H15ClO. The third-order valence-corrected chi connectivity index (χ3v) is 1.55. The normalized spacial score (nSPS) is 13.7. The van der Waals surface area contributed by atoms with Crippen LogP contribution in [0, 0.1) is 0 Å². The third-order valence-electron chi connectivity index (χ3n) is 1.12. The highest BCUT2D eigenvalue weighted by Crippen LogP contribution is 2.03. The molecule has 0 saturated carbocycles. The predicted molar refractivity (Wildman–Crippen MR) is 40.8 cm³/mol. The van der Waals surface area contributed by atoms with E-state index in [1.54, 1.807) is 0 Å². The molecule has 0 bridgehead atoms. The Morgan fingerprint density at radius 3 is 2.56 bits per heavy atom. The van der Waals surface area contributed by atoms with Crippen molar-refractivity contribution in [3.63, 3.8) is 0 Å². The van der Waals surface area contributed by atoms with Gasteiger partial charge in [0.2, 0.25) is 0 Å². The van der Waals surface area contributed by atoms with E-state index in [1.807, 2.05) is 6.92 Å². The first kappa shape index (κ1) is 9.25. The number of ether oxygens (including phenoxy) is 1. The lowest BCUT2D eigenvalue weighted by molar-refractivity contribution is 0.103. The fourth-order valence-electron chi connectivity index (χ4n) is 0.473. The van der Waals surface area contributed by atoms with Crippen LogP contribution in [-0.2, 0) is 4.74 Å². The van der Waals surface area contributed by atoms with Gasteiger partial charge in [0, 0.05) is 6.61 Å². The topological polar surface area (TPSA) is 9.23 Å². The molecule has 0 spiro atoms. The van der Waals surface area contributed by atoms with Crippen LogP contribution in [0.4, 0.5) is 0 Å². The van der Waals surface area contributed by atoms with Crippen molar-refractivity contribution in [3.8, 4) is 0 Å². The van der Waals surface area contributed by atoms with Crippen LogP contribution in [0.15, 0.2) is 0 Å². The predicted octanol–water partition coefficient (Wildman–Crippen LogP) is 2.78. The van der Waals surface area contributed by atoms with Crippen LogP contribution in [0.3, 0.4) is 0 Å². The highest BCUT2D eigenvalue weighted by Gasteiger charge is 1.97. The molecule has 0 rings (SSSR count). The summed E-state index contributed by atoms with van der Waals surface area (Å²) in [6, 6.07) is 0. The summed E-state index contributed by atoms with van der Waals surface area (Å²) in [7, 11) is 0. The Bertz CT molecular complexity index is 56.9. The van der Waals surface area contributed by atoms with Gasteiger partial charge in [0.05, 0.1) is 0 Å². The molecule has 0 aromatic heterocycles. The molecule has 1 nitrogen and oxygen atoms in total. The van der Waals surface area contributed by atoms with E-state index in [-0.39, 0.29) is 5.56 Å². The summed E-state index contributed by atoms with van der Waals surface area (Å²) in [6.07, 6.45) is 3.18.